The standard InChI is InChI=1S/C22H31N3O4/c1-22(2,3)29-21(28)25-14-8-12-18(25)20(27)24-13-7-11-17(24)19(26)23-15-16-9-5-4-6-10-16/h4-6,9-10,17-18H,7-8,11-15H2,1-3H3,(H,23,26)/t17-,18+/m0/s1. The SMILES string of the molecule is CC(C)(C)OC(=O)N1CCC[C@@H]1C(=O)N1CCC[C@H]1C(=O)NCc1ccccc1. The molecule has 0 bridgehead atoms. The summed E-state index contributed by atoms with van der Waals surface area (Å²) in [4.78, 5) is 41.6. The van der Waals surface area contributed by atoms with Crippen molar-refractivity contribution in [2.75, 3.05) is 13.1 Å². The molecule has 7 heteroatoms. The smallest absolute Gasteiger partial charge is 0.410 e. The van der Waals surface area contributed by atoms with E-state index in [4.69, 9.17) is 4.74 Å². The van der Waals surface area contributed by atoms with Gasteiger partial charge in [-0.25, -0.2) is 4.79 Å². The first-order valence-corrected chi connectivity index (χ1v) is 10.4. The van der Waals surface area contributed by atoms with Crippen molar-refractivity contribution in [1.29, 1.82) is 0 Å². The highest BCUT2D eigenvalue weighted by Gasteiger charge is 2.43. The molecule has 2 fully saturated rings. The quantitative estimate of drug-likeness (QED) is 0.841. The molecule has 2 saturated heterocycles. The van der Waals surface area contributed by atoms with Gasteiger partial charge in [0.05, 0.1) is 0 Å². The second-order valence-corrected chi connectivity index (χ2v) is 8.72. The number of hydrogen-bond donors (Lipinski definition) is 1. The number of carbonyl (C=O) groups excluding carboxylic acids is 3. The fourth-order valence-corrected chi connectivity index (χ4v) is 3.96. The monoisotopic (exact) mass is 401 g/mol. The molecule has 1 aromatic rings. The summed E-state index contributed by atoms with van der Waals surface area (Å²) in [6.07, 6.45) is 2.33. The summed E-state index contributed by atoms with van der Waals surface area (Å²) in [7, 11) is 0. The Hall–Kier alpha value is -2.57. The van der Waals surface area contributed by atoms with Gasteiger partial charge in [0.1, 0.15) is 17.7 Å². The third-order valence-electron chi connectivity index (χ3n) is 5.31. The predicted molar refractivity (Wildman–Crippen MR) is 109 cm³/mol. The van der Waals surface area contributed by atoms with E-state index in [0.717, 1.165) is 18.4 Å². The lowest BCUT2D eigenvalue weighted by atomic mass is 10.1. The Balaban J connectivity index is 1.62. The van der Waals surface area contributed by atoms with Crippen molar-refractivity contribution in [2.45, 2.75) is 70.7 Å². The number of nitrogens with zero attached hydrogens (tertiary/aromatic N) is 2. The molecule has 0 radical (unpaired) electrons. The van der Waals surface area contributed by atoms with Gasteiger partial charge in [0, 0.05) is 19.6 Å². The average Bonchev–Trinajstić information content (AvgIpc) is 3.34. The van der Waals surface area contributed by atoms with Crippen molar-refractivity contribution >= 4 is 17.9 Å². The lowest BCUT2D eigenvalue weighted by molar-refractivity contribution is -0.141. The van der Waals surface area contributed by atoms with E-state index in [2.05, 4.69) is 5.32 Å². The Morgan fingerprint density at radius 2 is 1.62 bits per heavy atom. The van der Waals surface area contributed by atoms with E-state index in [-0.39, 0.29) is 11.8 Å². The second kappa shape index (κ2) is 8.84. The molecule has 3 amide bonds. The molecular formula is C22H31N3O4. The summed E-state index contributed by atoms with van der Waals surface area (Å²) in [6.45, 7) is 6.92. The highest BCUT2D eigenvalue weighted by atomic mass is 16.6. The number of hydrogen-bond acceptors (Lipinski definition) is 4. The van der Waals surface area contributed by atoms with Crippen LogP contribution >= 0.6 is 0 Å². The molecule has 2 aliphatic rings. The van der Waals surface area contributed by atoms with Crippen LogP contribution in [0.15, 0.2) is 30.3 Å². The summed E-state index contributed by atoms with van der Waals surface area (Å²) in [5.41, 5.74) is 0.407. The van der Waals surface area contributed by atoms with Gasteiger partial charge in [-0.3, -0.25) is 14.5 Å². The fourth-order valence-electron chi connectivity index (χ4n) is 3.96. The zero-order valence-electron chi connectivity index (χ0n) is 17.5. The number of rotatable bonds is 4. The molecule has 0 saturated carbocycles. The highest BCUT2D eigenvalue weighted by molar-refractivity contribution is 5.92. The number of likely N-dealkylation sites (tertiary alicyclic amines) is 2. The zero-order chi connectivity index (χ0) is 21.0. The van der Waals surface area contributed by atoms with Gasteiger partial charge in [0.25, 0.3) is 0 Å². The molecule has 158 valence electrons. The minimum atomic E-state index is -0.610. The van der Waals surface area contributed by atoms with Gasteiger partial charge >= 0.3 is 6.09 Å². The molecule has 2 heterocycles. The van der Waals surface area contributed by atoms with E-state index in [1.54, 1.807) is 4.90 Å². The van der Waals surface area contributed by atoms with Gasteiger partial charge in [0.2, 0.25) is 11.8 Å². The van der Waals surface area contributed by atoms with Gasteiger partial charge < -0.3 is 15.0 Å². The molecule has 0 aliphatic carbocycles. The summed E-state index contributed by atoms with van der Waals surface area (Å²) < 4.78 is 5.46. The first-order chi connectivity index (χ1) is 13.8. The Labute approximate surface area is 172 Å². The third-order valence-corrected chi connectivity index (χ3v) is 5.31. The van der Waals surface area contributed by atoms with Crippen LogP contribution in [0.1, 0.15) is 52.0 Å². The molecule has 1 aromatic carbocycles. The highest BCUT2D eigenvalue weighted by Crippen LogP contribution is 2.26. The molecule has 0 unspecified atom stereocenters. The van der Waals surface area contributed by atoms with Gasteiger partial charge in [-0.2, -0.15) is 0 Å². The van der Waals surface area contributed by atoms with Crippen LogP contribution in [0.5, 0.6) is 0 Å². The van der Waals surface area contributed by atoms with Crippen LogP contribution in [0.2, 0.25) is 0 Å². The molecule has 1 N–H and O–H groups in total. The van der Waals surface area contributed by atoms with Crippen LogP contribution in [-0.2, 0) is 20.9 Å². The van der Waals surface area contributed by atoms with Gasteiger partial charge in [-0.15, -0.1) is 0 Å². The maximum Gasteiger partial charge on any atom is 0.410 e. The Kier molecular flexibility index (Phi) is 6.45. The van der Waals surface area contributed by atoms with Gasteiger partial charge in [0.15, 0.2) is 0 Å². The van der Waals surface area contributed by atoms with Crippen molar-refractivity contribution < 1.29 is 19.1 Å². The summed E-state index contributed by atoms with van der Waals surface area (Å²) in [6, 6.07) is 8.67. The van der Waals surface area contributed by atoms with Crippen LogP contribution in [0.25, 0.3) is 0 Å². The number of carbonyl (C=O) groups is 3. The van der Waals surface area contributed by atoms with Crippen LogP contribution < -0.4 is 5.32 Å². The number of benzene rings is 1. The summed E-state index contributed by atoms with van der Waals surface area (Å²) in [5.74, 6) is -0.285. The zero-order valence-corrected chi connectivity index (χ0v) is 17.5. The van der Waals surface area contributed by atoms with E-state index in [1.807, 2.05) is 51.1 Å². The molecule has 3 rings (SSSR count). The second-order valence-electron chi connectivity index (χ2n) is 8.72. The first-order valence-electron chi connectivity index (χ1n) is 10.4. The number of nitrogens with one attached hydrogen (secondary N) is 1. The lowest BCUT2D eigenvalue weighted by Crippen LogP contribution is -2.53. The van der Waals surface area contributed by atoms with Crippen LogP contribution in [0, 0.1) is 0 Å². The topological polar surface area (TPSA) is 79.0 Å². The Bertz CT molecular complexity index is 744. The molecule has 2 atom stereocenters. The minimum absolute atomic E-state index is 0.137. The van der Waals surface area contributed by atoms with Crippen molar-refractivity contribution in [3.8, 4) is 0 Å². The number of ether oxygens (including phenoxy) is 1. The first kappa shape index (κ1) is 21.1. The molecule has 2 aliphatic heterocycles. The van der Waals surface area contributed by atoms with E-state index in [0.29, 0.717) is 32.5 Å². The van der Waals surface area contributed by atoms with Crippen molar-refractivity contribution in [3.63, 3.8) is 0 Å². The van der Waals surface area contributed by atoms with Gasteiger partial charge in [-0.05, 0) is 52.0 Å². The molecule has 7 nitrogen and oxygen atoms in total. The summed E-state index contributed by atoms with van der Waals surface area (Å²) >= 11 is 0. The minimum Gasteiger partial charge on any atom is -0.444 e. The summed E-state index contributed by atoms with van der Waals surface area (Å²) in [5, 5.41) is 2.94. The molecule has 29 heavy (non-hydrogen) atoms. The normalized spacial score (nSPS) is 21.9. The van der Waals surface area contributed by atoms with Crippen molar-refractivity contribution in [1.82, 2.24) is 15.1 Å². The van der Waals surface area contributed by atoms with E-state index < -0.39 is 23.8 Å². The maximum atomic E-state index is 13.2. The lowest BCUT2D eigenvalue weighted by Gasteiger charge is -2.32. The van der Waals surface area contributed by atoms with E-state index in [9.17, 15) is 14.4 Å². The van der Waals surface area contributed by atoms with Crippen molar-refractivity contribution in [3.05, 3.63) is 35.9 Å². The molecular weight excluding hydrogens is 370 g/mol. The third kappa shape index (κ3) is 5.28. The van der Waals surface area contributed by atoms with E-state index in [1.165, 1.54) is 4.90 Å². The van der Waals surface area contributed by atoms with E-state index >= 15 is 0 Å². The van der Waals surface area contributed by atoms with Crippen LogP contribution in [0.4, 0.5) is 4.79 Å². The largest absolute Gasteiger partial charge is 0.444 e. The predicted octanol–water partition coefficient (Wildman–Crippen LogP) is 2.69. The van der Waals surface area contributed by atoms with Crippen LogP contribution in [0.3, 0.4) is 0 Å². The fraction of sp³-hybridized carbons (Fsp3) is 0.591. The Morgan fingerprint density at radius 1 is 1.00 bits per heavy atom. The maximum absolute atomic E-state index is 13.2. The van der Waals surface area contributed by atoms with Crippen molar-refractivity contribution in [2.24, 2.45) is 0 Å². The number of amides is 3. The molecule has 0 spiro atoms. The van der Waals surface area contributed by atoms with Crippen LogP contribution in [-0.4, -0.2) is 58.5 Å². The van der Waals surface area contributed by atoms with Gasteiger partial charge in [-0.1, -0.05) is 30.3 Å². The molecule has 0 aromatic heterocycles. The average molecular weight is 402 g/mol. The Morgan fingerprint density at radius 3 is 2.28 bits per heavy atom.